The molecule has 1 aromatic rings. The molecule has 94 valence electrons. The molecule has 1 aliphatic rings. The molecule has 1 unspecified atom stereocenters. The molecule has 1 amide bonds. The number of amides is 1. The van der Waals surface area contributed by atoms with E-state index in [4.69, 9.17) is 0 Å². The minimum absolute atomic E-state index is 0.0667. The van der Waals surface area contributed by atoms with Crippen molar-refractivity contribution in [2.45, 2.75) is 45.4 Å². The summed E-state index contributed by atoms with van der Waals surface area (Å²) in [5.41, 5.74) is 0.493. The van der Waals surface area contributed by atoms with Crippen LogP contribution < -0.4 is 0 Å². The van der Waals surface area contributed by atoms with Crippen molar-refractivity contribution in [3.8, 4) is 0 Å². The number of hydrogen-bond acceptors (Lipinski definition) is 4. The Balaban J connectivity index is 1.96. The van der Waals surface area contributed by atoms with Crippen molar-refractivity contribution in [1.82, 2.24) is 19.9 Å². The zero-order chi connectivity index (χ0) is 12.4. The van der Waals surface area contributed by atoms with E-state index in [1.807, 2.05) is 11.8 Å². The smallest absolute Gasteiger partial charge is 0.244 e. The van der Waals surface area contributed by atoms with Gasteiger partial charge in [0.1, 0.15) is 12.2 Å². The second-order valence-corrected chi connectivity index (χ2v) is 4.43. The first-order valence-corrected chi connectivity index (χ1v) is 5.99. The van der Waals surface area contributed by atoms with Crippen LogP contribution in [0.25, 0.3) is 0 Å². The third-order valence-corrected chi connectivity index (χ3v) is 2.93. The molecular formula is C11H18N4O2. The van der Waals surface area contributed by atoms with E-state index in [2.05, 4.69) is 10.3 Å². The number of aliphatic hydroxyl groups excluding tert-OH is 1. The first-order valence-electron chi connectivity index (χ1n) is 5.99. The number of carbonyl (C=O) groups excluding carboxylic acids is 1. The van der Waals surface area contributed by atoms with Gasteiger partial charge in [-0.25, -0.2) is 4.68 Å². The number of rotatable bonds is 5. The van der Waals surface area contributed by atoms with Gasteiger partial charge in [-0.3, -0.25) is 4.79 Å². The average molecular weight is 238 g/mol. The first-order chi connectivity index (χ1) is 8.11. The van der Waals surface area contributed by atoms with Gasteiger partial charge in [0.05, 0.1) is 12.3 Å². The van der Waals surface area contributed by atoms with Crippen molar-refractivity contribution < 1.29 is 9.90 Å². The highest BCUT2D eigenvalue weighted by Gasteiger charge is 2.31. The van der Waals surface area contributed by atoms with Gasteiger partial charge in [0.25, 0.3) is 0 Å². The SMILES string of the molecule is CCN(C(=O)Cn1cc(C(C)O)nn1)C1CC1. The Labute approximate surface area is 100 Å². The van der Waals surface area contributed by atoms with Crippen LogP contribution in [0.3, 0.4) is 0 Å². The number of aromatic nitrogens is 3. The molecule has 1 saturated carbocycles. The van der Waals surface area contributed by atoms with Crippen LogP contribution >= 0.6 is 0 Å². The minimum Gasteiger partial charge on any atom is -0.387 e. The van der Waals surface area contributed by atoms with Crippen LogP contribution in [0.1, 0.15) is 38.5 Å². The van der Waals surface area contributed by atoms with Crippen LogP contribution in [0.4, 0.5) is 0 Å². The van der Waals surface area contributed by atoms with E-state index in [0.29, 0.717) is 11.7 Å². The molecule has 0 aromatic carbocycles. The van der Waals surface area contributed by atoms with Crippen molar-refractivity contribution in [3.05, 3.63) is 11.9 Å². The van der Waals surface area contributed by atoms with Gasteiger partial charge in [0.2, 0.25) is 5.91 Å². The highest BCUT2D eigenvalue weighted by Crippen LogP contribution is 2.26. The van der Waals surface area contributed by atoms with Crippen molar-refractivity contribution in [2.24, 2.45) is 0 Å². The molecule has 0 spiro atoms. The lowest BCUT2D eigenvalue weighted by molar-refractivity contribution is -0.132. The summed E-state index contributed by atoms with van der Waals surface area (Å²) in [6.07, 6.45) is 3.18. The van der Waals surface area contributed by atoms with Crippen LogP contribution in [0.2, 0.25) is 0 Å². The Hall–Kier alpha value is -1.43. The van der Waals surface area contributed by atoms with Crippen molar-refractivity contribution in [2.75, 3.05) is 6.54 Å². The number of aliphatic hydroxyl groups is 1. The summed E-state index contributed by atoms with van der Waals surface area (Å²) in [6.45, 7) is 4.54. The molecule has 1 fully saturated rings. The first kappa shape index (κ1) is 12.0. The van der Waals surface area contributed by atoms with E-state index in [1.165, 1.54) is 4.68 Å². The molecule has 1 N–H and O–H groups in total. The molecule has 0 aliphatic heterocycles. The highest BCUT2D eigenvalue weighted by atomic mass is 16.3. The van der Waals surface area contributed by atoms with E-state index in [1.54, 1.807) is 13.1 Å². The number of nitrogens with zero attached hydrogens (tertiary/aromatic N) is 4. The maximum Gasteiger partial charge on any atom is 0.244 e. The van der Waals surface area contributed by atoms with Crippen LogP contribution in [0.5, 0.6) is 0 Å². The summed E-state index contributed by atoms with van der Waals surface area (Å²) in [5, 5.41) is 17.0. The molecule has 2 rings (SSSR count). The lowest BCUT2D eigenvalue weighted by Gasteiger charge is -2.19. The third-order valence-electron chi connectivity index (χ3n) is 2.93. The normalized spacial score (nSPS) is 16.9. The zero-order valence-corrected chi connectivity index (χ0v) is 10.2. The van der Waals surface area contributed by atoms with Gasteiger partial charge < -0.3 is 10.0 Å². The highest BCUT2D eigenvalue weighted by molar-refractivity contribution is 5.76. The standard InChI is InChI=1S/C11H18N4O2/c1-3-15(9-4-5-9)11(17)7-14-6-10(8(2)16)12-13-14/h6,8-9,16H,3-5,7H2,1-2H3. The van der Waals surface area contributed by atoms with Crippen molar-refractivity contribution >= 4 is 5.91 Å². The molecule has 1 atom stereocenters. The minimum atomic E-state index is -0.649. The van der Waals surface area contributed by atoms with Gasteiger partial charge in [0, 0.05) is 12.6 Å². The van der Waals surface area contributed by atoms with Crippen LogP contribution in [-0.4, -0.2) is 43.5 Å². The largest absolute Gasteiger partial charge is 0.387 e. The summed E-state index contributed by atoms with van der Waals surface area (Å²) in [5.74, 6) is 0.0667. The quantitative estimate of drug-likeness (QED) is 0.803. The molecule has 6 nitrogen and oxygen atoms in total. The molecule has 1 heterocycles. The van der Waals surface area contributed by atoms with Gasteiger partial charge in [0.15, 0.2) is 0 Å². The summed E-state index contributed by atoms with van der Waals surface area (Å²) < 4.78 is 1.48. The second kappa shape index (κ2) is 4.83. The number of carbonyl (C=O) groups is 1. The predicted molar refractivity (Wildman–Crippen MR) is 61.1 cm³/mol. The maximum atomic E-state index is 12.0. The topological polar surface area (TPSA) is 71.2 Å². The Kier molecular flexibility index (Phi) is 3.42. The van der Waals surface area contributed by atoms with E-state index in [0.717, 1.165) is 19.4 Å². The predicted octanol–water partition coefficient (Wildman–Crippen LogP) is 0.342. The number of likely N-dealkylation sites (N-methyl/N-ethyl adjacent to an activating group) is 1. The molecule has 6 heteroatoms. The molecule has 0 bridgehead atoms. The van der Waals surface area contributed by atoms with Crippen LogP contribution in [-0.2, 0) is 11.3 Å². The zero-order valence-electron chi connectivity index (χ0n) is 10.2. The van der Waals surface area contributed by atoms with Crippen molar-refractivity contribution in [3.63, 3.8) is 0 Å². The van der Waals surface area contributed by atoms with Crippen LogP contribution in [0, 0.1) is 0 Å². The number of hydrogen-bond donors (Lipinski definition) is 1. The van der Waals surface area contributed by atoms with Crippen molar-refractivity contribution in [1.29, 1.82) is 0 Å². The van der Waals surface area contributed by atoms with Gasteiger partial charge >= 0.3 is 0 Å². The molecular weight excluding hydrogens is 220 g/mol. The average Bonchev–Trinajstić information content (AvgIpc) is 2.98. The Morgan fingerprint density at radius 2 is 2.41 bits per heavy atom. The van der Waals surface area contributed by atoms with E-state index in [-0.39, 0.29) is 12.5 Å². The Morgan fingerprint density at radius 3 is 2.88 bits per heavy atom. The fourth-order valence-electron chi connectivity index (χ4n) is 1.84. The second-order valence-electron chi connectivity index (χ2n) is 4.43. The Bertz CT molecular complexity index is 398. The monoisotopic (exact) mass is 238 g/mol. The molecule has 17 heavy (non-hydrogen) atoms. The van der Waals surface area contributed by atoms with E-state index in [9.17, 15) is 9.90 Å². The lowest BCUT2D eigenvalue weighted by Crippen LogP contribution is -2.35. The maximum absolute atomic E-state index is 12.0. The van der Waals surface area contributed by atoms with Gasteiger partial charge in [-0.1, -0.05) is 5.21 Å². The fourth-order valence-corrected chi connectivity index (χ4v) is 1.84. The summed E-state index contributed by atoms with van der Waals surface area (Å²) in [7, 11) is 0. The van der Waals surface area contributed by atoms with Gasteiger partial charge in [-0.2, -0.15) is 0 Å². The Morgan fingerprint density at radius 1 is 1.71 bits per heavy atom. The molecule has 0 radical (unpaired) electrons. The van der Waals surface area contributed by atoms with Gasteiger partial charge in [-0.05, 0) is 26.7 Å². The summed E-state index contributed by atoms with van der Waals surface area (Å²) in [6, 6.07) is 0.423. The summed E-state index contributed by atoms with van der Waals surface area (Å²) in [4.78, 5) is 13.9. The lowest BCUT2D eigenvalue weighted by atomic mass is 10.3. The summed E-state index contributed by atoms with van der Waals surface area (Å²) >= 11 is 0. The van der Waals surface area contributed by atoms with E-state index >= 15 is 0 Å². The third kappa shape index (κ3) is 2.82. The van der Waals surface area contributed by atoms with Gasteiger partial charge in [-0.15, -0.1) is 5.10 Å². The fraction of sp³-hybridized carbons (Fsp3) is 0.727. The molecule has 1 aromatic heterocycles. The van der Waals surface area contributed by atoms with Crippen LogP contribution in [0.15, 0.2) is 6.20 Å². The van der Waals surface area contributed by atoms with E-state index < -0.39 is 6.10 Å². The molecule has 1 aliphatic carbocycles. The molecule has 0 saturated heterocycles.